The van der Waals surface area contributed by atoms with Crippen LogP contribution >= 0.6 is 35.3 Å². The van der Waals surface area contributed by atoms with E-state index < -0.39 is 0 Å². The molecule has 0 aliphatic heterocycles. The van der Waals surface area contributed by atoms with Gasteiger partial charge in [-0.05, 0) is 23.6 Å². The topological polar surface area (TPSA) is 65.4 Å². The highest BCUT2D eigenvalue weighted by Gasteiger charge is 2.09. The fourth-order valence-corrected chi connectivity index (χ4v) is 3.73. The van der Waals surface area contributed by atoms with Crippen LogP contribution < -0.4 is 15.5 Å². The second-order valence-electron chi connectivity index (χ2n) is 7.15. The molecule has 0 atom stereocenters. The van der Waals surface area contributed by atoms with E-state index in [2.05, 4.69) is 52.0 Å². The molecule has 2 heterocycles. The Labute approximate surface area is 193 Å². The van der Waals surface area contributed by atoms with Gasteiger partial charge in [0.2, 0.25) is 0 Å². The number of thiazole rings is 1. The first-order valence-corrected chi connectivity index (χ1v) is 10.3. The van der Waals surface area contributed by atoms with Gasteiger partial charge in [0.1, 0.15) is 10.8 Å². The molecule has 0 unspecified atom stereocenters. The van der Waals surface area contributed by atoms with Crippen molar-refractivity contribution >= 4 is 58.0 Å². The maximum Gasteiger partial charge on any atom is 0.191 e. The van der Waals surface area contributed by atoms with Crippen LogP contribution in [0.1, 0.15) is 36.0 Å². The Balaban J connectivity index is 0.00000300. The highest BCUT2D eigenvalue weighted by atomic mass is 127. The van der Waals surface area contributed by atoms with Crippen LogP contribution in [0.15, 0.2) is 40.7 Å². The number of aliphatic imine (C=N–C) groups is 1. The van der Waals surface area contributed by atoms with Crippen molar-refractivity contribution in [2.75, 3.05) is 26.0 Å². The molecule has 6 nitrogen and oxygen atoms in total. The van der Waals surface area contributed by atoms with E-state index in [1.165, 1.54) is 5.56 Å². The van der Waals surface area contributed by atoms with E-state index in [1.807, 2.05) is 37.2 Å². The van der Waals surface area contributed by atoms with Crippen LogP contribution in [-0.2, 0) is 13.1 Å². The molecule has 0 radical (unpaired) electrons. The Hall–Kier alpha value is -1.94. The van der Waals surface area contributed by atoms with Gasteiger partial charge in [-0.2, -0.15) is 0 Å². The van der Waals surface area contributed by atoms with Crippen molar-refractivity contribution in [3.8, 4) is 0 Å². The van der Waals surface area contributed by atoms with Crippen LogP contribution in [0.25, 0.3) is 10.9 Å². The van der Waals surface area contributed by atoms with E-state index in [4.69, 9.17) is 4.98 Å². The largest absolute Gasteiger partial charge is 0.363 e. The fourth-order valence-electron chi connectivity index (χ4n) is 2.84. The minimum atomic E-state index is 0. The first kappa shape index (κ1) is 23.3. The van der Waals surface area contributed by atoms with Crippen molar-refractivity contribution in [2.24, 2.45) is 4.99 Å². The minimum absolute atomic E-state index is 0. The van der Waals surface area contributed by atoms with Crippen molar-refractivity contribution < 1.29 is 0 Å². The van der Waals surface area contributed by atoms with Gasteiger partial charge in [-0.15, -0.1) is 35.3 Å². The fraction of sp³-hybridized carbons (Fsp3) is 0.381. The number of pyridine rings is 1. The number of guanidine groups is 1. The monoisotopic (exact) mass is 524 g/mol. The molecule has 0 aliphatic carbocycles. The quantitative estimate of drug-likeness (QED) is 0.285. The second kappa shape index (κ2) is 10.7. The van der Waals surface area contributed by atoms with Crippen LogP contribution in [0.4, 0.5) is 5.82 Å². The molecule has 29 heavy (non-hydrogen) atoms. The third-order valence-corrected chi connectivity index (χ3v) is 5.35. The summed E-state index contributed by atoms with van der Waals surface area (Å²) in [6.07, 6.45) is 0. The Morgan fingerprint density at radius 2 is 1.86 bits per heavy atom. The average Bonchev–Trinajstić information content (AvgIpc) is 3.17. The van der Waals surface area contributed by atoms with Crippen LogP contribution in [0, 0.1) is 0 Å². The zero-order chi connectivity index (χ0) is 20.1. The predicted octanol–water partition coefficient (Wildman–Crippen LogP) is 4.36. The third kappa shape index (κ3) is 6.02. The molecular formula is C21H29IN6S. The van der Waals surface area contributed by atoms with Crippen molar-refractivity contribution in [3.05, 3.63) is 52.0 Å². The lowest BCUT2D eigenvalue weighted by molar-refractivity contribution is 0.786. The molecule has 0 amide bonds. The van der Waals surface area contributed by atoms with E-state index in [0.29, 0.717) is 19.0 Å². The summed E-state index contributed by atoms with van der Waals surface area (Å²) in [7, 11) is 5.80. The summed E-state index contributed by atoms with van der Waals surface area (Å²) in [4.78, 5) is 15.8. The zero-order valence-corrected chi connectivity index (χ0v) is 20.7. The molecule has 3 rings (SSSR count). The number of hydrogen-bond acceptors (Lipinski definition) is 5. The molecule has 0 bridgehead atoms. The molecule has 0 spiro atoms. The van der Waals surface area contributed by atoms with Crippen molar-refractivity contribution in [3.63, 3.8) is 0 Å². The SMILES string of the molecule is CN=C(NCc1nc(C(C)C)cs1)NCc1cc(N(C)C)nc2ccccc12.I. The molecule has 8 heteroatoms. The lowest BCUT2D eigenvalue weighted by atomic mass is 10.1. The number of halogens is 1. The number of nitrogens with zero attached hydrogens (tertiary/aromatic N) is 4. The van der Waals surface area contributed by atoms with Gasteiger partial charge < -0.3 is 15.5 Å². The van der Waals surface area contributed by atoms with Gasteiger partial charge >= 0.3 is 0 Å². The molecular weight excluding hydrogens is 495 g/mol. The normalized spacial score (nSPS) is 11.4. The van der Waals surface area contributed by atoms with E-state index in [1.54, 1.807) is 18.4 Å². The van der Waals surface area contributed by atoms with E-state index in [-0.39, 0.29) is 24.0 Å². The summed E-state index contributed by atoms with van der Waals surface area (Å²) >= 11 is 1.68. The molecule has 2 aromatic heterocycles. The number of para-hydroxylation sites is 1. The Morgan fingerprint density at radius 1 is 1.14 bits per heavy atom. The maximum absolute atomic E-state index is 4.72. The van der Waals surface area contributed by atoms with E-state index in [0.717, 1.165) is 33.4 Å². The van der Waals surface area contributed by atoms with Crippen LogP contribution in [0.3, 0.4) is 0 Å². The summed E-state index contributed by atoms with van der Waals surface area (Å²) in [6, 6.07) is 10.3. The second-order valence-corrected chi connectivity index (χ2v) is 8.09. The summed E-state index contributed by atoms with van der Waals surface area (Å²) in [5.41, 5.74) is 3.33. The summed E-state index contributed by atoms with van der Waals surface area (Å²) in [5, 5.41) is 11.1. The Kier molecular flexibility index (Phi) is 8.63. The van der Waals surface area contributed by atoms with Gasteiger partial charge in [0.05, 0.1) is 17.8 Å². The number of aromatic nitrogens is 2. The average molecular weight is 524 g/mol. The molecule has 156 valence electrons. The Bertz CT molecular complexity index is 967. The lowest BCUT2D eigenvalue weighted by Gasteiger charge is -2.16. The highest BCUT2D eigenvalue weighted by Crippen LogP contribution is 2.22. The van der Waals surface area contributed by atoms with Gasteiger partial charge in [-0.1, -0.05) is 32.0 Å². The number of benzene rings is 1. The molecule has 1 aromatic carbocycles. The smallest absolute Gasteiger partial charge is 0.191 e. The number of nitrogens with one attached hydrogen (secondary N) is 2. The number of hydrogen-bond donors (Lipinski definition) is 2. The summed E-state index contributed by atoms with van der Waals surface area (Å²) in [5.74, 6) is 2.16. The first-order valence-electron chi connectivity index (χ1n) is 9.42. The van der Waals surface area contributed by atoms with Crippen LogP contribution in [0.5, 0.6) is 0 Å². The minimum Gasteiger partial charge on any atom is -0.363 e. The van der Waals surface area contributed by atoms with Crippen LogP contribution in [-0.4, -0.2) is 37.1 Å². The first-order chi connectivity index (χ1) is 13.5. The number of rotatable bonds is 6. The van der Waals surface area contributed by atoms with Crippen LogP contribution in [0.2, 0.25) is 0 Å². The Morgan fingerprint density at radius 3 is 2.52 bits per heavy atom. The summed E-state index contributed by atoms with van der Waals surface area (Å²) in [6.45, 7) is 5.65. The van der Waals surface area contributed by atoms with Gasteiger partial charge in [0, 0.05) is 38.5 Å². The third-order valence-electron chi connectivity index (χ3n) is 4.48. The predicted molar refractivity (Wildman–Crippen MR) is 135 cm³/mol. The number of fused-ring (bicyclic) bond motifs is 1. The zero-order valence-electron chi connectivity index (χ0n) is 17.6. The molecule has 3 aromatic rings. The number of anilines is 1. The molecule has 0 fully saturated rings. The molecule has 0 saturated heterocycles. The van der Waals surface area contributed by atoms with Crippen molar-refractivity contribution in [1.82, 2.24) is 20.6 Å². The molecule has 0 saturated carbocycles. The molecule has 2 N–H and O–H groups in total. The lowest BCUT2D eigenvalue weighted by Crippen LogP contribution is -2.36. The van der Waals surface area contributed by atoms with Gasteiger partial charge in [-0.25, -0.2) is 9.97 Å². The molecule has 0 aliphatic rings. The van der Waals surface area contributed by atoms with Crippen molar-refractivity contribution in [1.29, 1.82) is 0 Å². The highest BCUT2D eigenvalue weighted by molar-refractivity contribution is 14.0. The van der Waals surface area contributed by atoms with Crippen molar-refractivity contribution in [2.45, 2.75) is 32.9 Å². The maximum atomic E-state index is 4.72. The van der Waals surface area contributed by atoms with E-state index >= 15 is 0 Å². The van der Waals surface area contributed by atoms with Gasteiger partial charge in [-0.3, -0.25) is 4.99 Å². The summed E-state index contributed by atoms with van der Waals surface area (Å²) < 4.78 is 0. The standard InChI is InChI=1S/C21H28N6S.HI/c1-14(2)18-13-28-20(26-18)12-24-21(22-3)23-11-15-10-19(27(4)5)25-17-9-7-6-8-16(15)17;/h6-10,13-14H,11-12H2,1-5H3,(H2,22,23,24);1H. The van der Waals surface area contributed by atoms with E-state index in [9.17, 15) is 0 Å². The van der Waals surface area contributed by atoms with Gasteiger partial charge in [0.25, 0.3) is 0 Å². The van der Waals surface area contributed by atoms with Gasteiger partial charge in [0.15, 0.2) is 5.96 Å².